The maximum atomic E-state index is 12.2. The van der Waals surface area contributed by atoms with Gasteiger partial charge in [0.25, 0.3) is 5.91 Å². The van der Waals surface area contributed by atoms with Crippen molar-refractivity contribution in [2.75, 3.05) is 25.6 Å². The van der Waals surface area contributed by atoms with Gasteiger partial charge in [-0.05, 0) is 24.6 Å². The third-order valence-corrected chi connectivity index (χ3v) is 3.89. The number of carbonyl (C=O) groups excluding carboxylic acids is 1. The number of benzene rings is 1. The molecule has 0 bridgehead atoms. The van der Waals surface area contributed by atoms with Gasteiger partial charge in [0.15, 0.2) is 0 Å². The minimum Gasteiger partial charge on any atom is -0.384 e. The Morgan fingerprint density at radius 2 is 2.19 bits per heavy atom. The van der Waals surface area contributed by atoms with Gasteiger partial charge in [-0.3, -0.25) is 4.79 Å². The number of carbonyl (C=O) groups is 1. The van der Waals surface area contributed by atoms with Gasteiger partial charge in [-0.2, -0.15) is 0 Å². The Kier molecular flexibility index (Phi) is 5.86. The van der Waals surface area contributed by atoms with Gasteiger partial charge < -0.3 is 15.8 Å². The Bertz CT molecular complexity index is 598. The highest BCUT2D eigenvalue weighted by Crippen LogP contribution is 2.18. The molecular weight excluding hydrogens is 286 g/mol. The average molecular weight is 305 g/mol. The Balaban J connectivity index is 2.07. The first-order valence-electron chi connectivity index (χ1n) is 6.77. The lowest BCUT2D eigenvalue weighted by Crippen LogP contribution is -2.14. The van der Waals surface area contributed by atoms with E-state index in [4.69, 9.17) is 10.5 Å². The number of anilines is 1. The third-order valence-electron chi connectivity index (χ3n) is 2.98. The Labute approximate surface area is 128 Å². The quantitative estimate of drug-likeness (QED) is 0.821. The highest BCUT2D eigenvalue weighted by atomic mass is 32.1. The fourth-order valence-electron chi connectivity index (χ4n) is 1.91. The zero-order chi connectivity index (χ0) is 15.1. The van der Waals surface area contributed by atoms with Crippen LogP contribution in [0.3, 0.4) is 0 Å². The van der Waals surface area contributed by atoms with E-state index in [0.717, 1.165) is 22.7 Å². The summed E-state index contributed by atoms with van der Waals surface area (Å²) in [5.74, 6) is -0.195. The van der Waals surface area contributed by atoms with Crippen molar-refractivity contribution in [1.82, 2.24) is 4.98 Å². The highest BCUT2D eigenvalue weighted by Gasteiger charge is 2.12. The molecule has 0 saturated heterocycles. The van der Waals surface area contributed by atoms with Crippen molar-refractivity contribution < 1.29 is 9.53 Å². The van der Waals surface area contributed by atoms with Gasteiger partial charge in [0.1, 0.15) is 5.69 Å². The van der Waals surface area contributed by atoms with Crippen LogP contribution in [0.15, 0.2) is 29.6 Å². The molecule has 0 saturated carbocycles. The van der Waals surface area contributed by atoms with E-state index in [1.54, 1.807) is 12.5 Å². The van der Waals surface area contributed by atoms with Gasteiger partial charge >= 0.3 is 0 Å². The summed E-state index contributed by atoms with van der Waals surface area (Å²) in [6.07, 6.45) is 1.45. The molecule has 0 aliphatic rings. The molecule has 2 rings (SSSR count). The van der Waals surface area contributed by atoms with Gasteiger partial charge in [-0.1, -0.05) is 18.2 Å². The number of amides is 1. The van der Waals surface area contributed by atoms with Crippen molar-refractivity contribution in [3.63, 3.8) is 0 Å². The number of thiazole rings is 1. The van der Waals surface area contributed by atoms with Crippen molar-refractivity contribution in [1.29, 1.82) is 0 Å². The molecular formula is C15H19N3O2S. The van der Waals surface area contributed by atoms with Gasteiger partial charge in [-0.15, -0.1) is 11.3 Å². The van der Waals surface area contributed by atoms with Crippen LogP contribution in [0.5, 0.6) is 0 Å². The number of nitrogens with zero attached hydrogens (tertiary/aromatic N) is 1. The summed E-state index contributed by atoms with van der Waals surface area (Å²) >= 11 is 1.46. The van der Waals surface area contributed by atoms with Crippen LogP contribution in [0.1, 0.15) is 21.1 Å². The summed E-state index contributed by atoms with van der Waals surface area (Å²) in [5, 5.41) is 5.56. The summed E-state index contributed by atoms with van der Waals surface area (Å²) in [7, 11) is 1.66. The van der Waals surface area contributed by atoms with Crippen LogP contribution < -0.4 is 11.1 Å². The molecule has 5 nitrogen and oxygen atoms in total. The van der Waals surface area contributed by atoms with Crippen LogP contribution in [-0.2, 0) is 17.6 Å². The summed E-state index contributed by atoms with van der Waals surface area (Å²) in [6.45, 7) is 1.15. The molecule has 6 heteroatoms. The summed E-state index contributed by atoms with van der Waals surface area (Å²) < 4.78 is 5.09. The molecule has 0 spiro atoms. The molecule has 2 aromatic rings. The SMILES string of the molecule is COCCc1ccccc1NC(=O)c1csc(CCN)n1. The molecule has 1 heterocycles. The number of aromatic nitrogens is 1. The standard InChI is InChI=1S/C15H19N3O2S/c1-20-9-7-11-4-2-3-5-12(11)18-15(19)13-10-21-14(17-13)6-8-16/h2-5,10H,6-9,16H2,1H3,(H,18,19). The van der Waals surface area contributed by atoms with E-state index < -0.39 is 0 Å². The second-order valence-corrected chi connectivity index (χ2v) is 5.46. The average Bonchev–Trinajstić information content (AvgIpc) is 2.95. The fourth-order valence-corrected chi connectivity index (χ4v) is 2.71. The summed E-state index contributed by atoms with van der Waals surface area (Å²) in [5.41, 5.74) is 7.77. The molecule has 0 unspecified atom stereocenters. The van der Waals surface area contributed by atoms with Crippen LogP contribution in [0, 0.1) is 0 Å². The summed E-state index contributed by atoms with van der Waals surface area (Å²) in [6, 6.07) is 7.71. The zero-order valence-electron chi connectivity index (χ0n) is 12.0. The van der Waals surface area contributed by atoms with Gasteiger partial charge in [0.05, 0.1) is 11.6 Å². The molecule has 1 aromatic carbocycles. The molecule has 1 aromatic heterocycles. The molecule has 0 radical (unpaired) electrons. The van der Waals surface area contributed by atoms with Gasteiger partial charge in [0.2, 0.25) is 0 Å². The predicted octanol–water partition coefficient (Wildman–Crippen LogP) is 2.09. The Morgan fingerprint density at radius 3 is 2.95 bits per heavy atom. The van der Waals surface area contributed by atoms with Crippen molar-refractivity contribution >= 4 is 22.9 Å². The maximum Gasteiger partial charge on any atom is 0.275 e. The maximum absolute atomic E-state index is 12.2. The van der Waals surface area contributed by atoms with Crippen LogP contribution in [0.25, 0.3) is 0 Å². The number of rotatable bonds is 7. The first kappa shape index (κ1) is 15.6. The third kappa shape index (κ3) is 4.35. The first-order chi connectivity index (χ1) is 10.2. The summed E-state index contributed by atoms with van der Waals surface area (Å²) in [4.78, 5) is 16.5. The fraction of sp³-hybridized carbons (Fsp3) is 0.333. The van der Waals surface area contributed by atoms with Crippen LogP contribution in [-0.4, -0.2) is 31.2 Å². The number of nitrogens with two attached hydrogens (primary N) is 1. The zero-order valence-corrected chi connectivity index (χ0v) is 12.8. The molecule has 0 aliphatic carbocycles. The Morgan fingerprint density at radius 1 is 1.38 bits per heavy atom. The molecule has 1 amide bonds. The lowest BCUT2D eigenvalue weighted by atomic mass is 10.1. The number of nitrogens with one attached hydrogen (secondary N) is 1. The predicted molar refractivity (Wildman–Crippen MR) is 84.8 cm³/mol. The normalized spacial score (nSPS) is 10.6. The van der Waals surface area contributed by atoms with Crippen LogP contribution in [0.2, 0.25) is 0 Å². The second kappa shape index (κ2) is 7.87. The minimum absolute atomic E-state index is 0.195. The van der Waals surface area contributed by atoms with Crippen molar-refractivity contribution in [2.45, 2.75) is 12.8 Å². The van der Waals surface area contributed by atoms with E-state index in [1.807, 2.05) is 24.3 Å². The van der Waals surface area contributed by atoms with Gasteiger partial charge in [0, 0.05) is 24.6 Å². The smallest absolute Gasteiger partial charge is 0.275 e. The second-order valence-electron chi connectivity index (χ2n) is 4.52. The van der Waals surface area contributed by atoms with E-state index in [2.05, 4.69) is 10.3 Å². The number of hydrogen-bond acceptors (Lipinski definition) is 5. The van der Waals surface area contributed by atoms with Crippen LogP contribution in [0.4, 0.5) is 5.69 Å². The lowest BCUT2D eigenvalue weighted by molar-refractivity contribution is 0.102. The molecule has 112 valence electrons. The van der Waals surface area contributed by atoms with Crippen LogP contribution >= 0.6 is 11.3 Å². The Hall–Kier alpha value is -1.76. The molecule has 0 aliphatic heterocycles. The van der Waals surface area contributed by atoms with Crippen molar-refractivity contribution in [3.05, 3.63) is 45.9 Å². The number of methoxy groups -OCH3 is 1. The monoisotopic (exact) mass is 305 g/mol. The molecule has 0 fully saturated rings. The van der Waals surface area contributed by atoms with Crippen molar-refractivity contribution in [3.8, 4) is 0 Å². The first-order valence-corrected chi connectivity index (χ1v) is 7.65. The van der Waals surface area contributed by atoms with E-state index in [-0.39, 0.29) is 5.91 Å². The number of ether oxygens (including phenoxy) is 1. The van der Waals surface area contributed by atoms with E-state index in [1.165, 1.54) is 11.3 Å². The van der Waals surface area contributed by atoms with E-state index in [0.29, 0.717) is 25.3 Å². The molecule has 0 atom stereocenters. The van der Waals surface area contributed by atoms with Gasteiger partial charge in [-0.25, -0.2) is 4.98 Å². The topological polar surface area (TPSA) is 77.2 Å². The number of para-hydroxylation sites is 1. The van der Waals surface area contributed by atoms with E-state index >= 15 is 0 Å². The van der Waals surface area contributed by atoms with Crippen molar-refractivity contribution in [2.24, 2.45) is 5.73 Å². The lowest BCUT2D eigenvalue weighted by Gasteiger charge is -2.09. The van der Waals surface area contributed by atoms with E-state index in [9.17, 15) is 4.79 Å². The highest BCUT2D eigenvalue weighted by molar-refractivity contribution is 7.09. The molecule has 21 heavy (non-hydrogen) atoms. The number of hydrogen-bond donors (Lipinski definition) is 2. The largest absolute Gasteiger partial charge is 0.384 e. The minimum atomic E-state index is -0.195. The molecule has 3 N–H and O–H groups in total.